The number of hydrogen-bond acceptors (Lipinski definition) is 10. The van der Waals surface area contributed by atoms with E-state index in [1.54, 1.807) is 10.9 Å². The van der Waals surface area contributed by atoms with Crippen LogP contribution in [0.1, 0.15) is 93.2 Å². The molecule has 0 saturated carbocycles. The molecule has 57 heavy (non-hydrogen) atoms. The molecule has 0 aliphatic heterocycles. The van der Waals surface area contributed by atoms with Crippen LogP contribution in [0.25, 0.3) is 0 Å². The molecule has 0 aliphatic carbocycles. The molecule has 326 valence electrons. The zero-order chi connectivity index (χ0) is 43.9. The number of rotatable bonds is 25. The molecule has 1 heterocycles. The van der Waals surface area contributed by atoms with E-state index < -0.39 is 78.4 Å². The fourth-order valence-electron chi connectivity index (χ4n) is 6.50. The number of nitrogens with zero attached hydrogens (tertiary/aromatic N) is 6. The lowest BCUT2D eigenvalue weighted by Crippen LogP contribution is -2.58. The minimum absolute atomic E-state index is 0.00317. The van der Waals surface area contributed by atoms with Crippen molar-refractivity contribution >= 4 is 35.4 Å². The average Bonchev–Trinajstić information content (AvgIpc) is 3.51. The summed E-state index contributed by atoms with van der Waals surface area (Å²) in [5.74, 6) is -3.85. The Balaban J connectivity index is 3.00. The quantitative estimate of drug-likeness (QED) is 0.0931. The molecular weight excluding hydrogens is 734 g/mol. The summed E-state index contributed by atoms with van der Waals surface area (Å²) >= 11 is 0. The second-order valence-electron chi connectivity index (χ2n) is 17.0. The Kier molecular flexibility index (Phi) is 21.4. The third kappa shape index (κ3) is 17.1. The van der Waals surface area contributed by atoms with Crippen molar-refractivity contribution in [3.8, 4) is 0 Å². The minimum Gasteiger partial charge on any atom is -0.392 e. The molecule has 6 N–H and O–H groups in total. The van der Waals surface area contributed by atoms with Crippen molar-refractivity contribution in [1.82, 2.24) is 40.0 Å². The van der Waals surface area contributed by atoms with Gasteiger partial charge in [-0.15, -0.1) is 0 Å². The van der Waals surface area contributed by atoms with Crippen LogP contribution in [0.5, 0.6) is 0 Å². The summed E-state index contributed by atoms with van der Waals surface area (Å²) in [6.45, 7) is 15.4. The van der Waals surface area contributed by atoms with Gasteiger partial charge in [0.25, 0.3) is 0 Å². The van der Waals surface area contributed by atoms with Crippen molar-refractivity contribution < 1.29 is 39.0 Å². The van der Waals surface area contributed by atoms with E-state index in [0.29, 0.717) is 25.9 Å². The van der Waals surface area contributed by atoms with E-state index in [1.807, 2.05) is 68.6 Å². The van der Waals surface area contributed by atoms with Crippen LogP contribution in [-0.2, 0) is 42.4 Å². The molecule has 1 aromatic rings. The lowest BCUT2D eigenvalue weighted by Gasteiger charge is -2.34. The predicted octanol–water partition coefficient (Wildman–Crippen LogP) is 0.716. The summed E-state index contributed by atoms with van der Waals surface area (Å²) in [7, 11) is 8.11. The highest BCUT2D eigenvalue weighted by molar-refractivity contribution is 5.95. The largest absolute Gasteiger partial charge is 0.392 e. The van der Waals surface area contributed by atoms with Crippen LogP contribution in [0, 0.1) is 23.7 Å². The zero-order valence-corrected chi connectivity index (χ0v) is 36.7. The predicted molar refractivity (Wildman–Crippen MR) is 218 cm³/mol. The fraction of sp³-hybridized carbons (Fsp3) is 0.775. The molecule has 17 nitrogen and oxygen atoms in total. The number of aliphatic hydroxyl groups excluding tert-OH is 2. The van der Waals surface area contributed by atoms with E-state index in [4.69, 9.17) is 5.73 Å². The Morgan fingerprint density at radius 3 is 1.86 bits per heavy atom. The Bertz CT molecular complexity index is 1470. The second kappa shape index (κ2) is 24.0. The smallest absolute Gasteiger partial charge is 0.248 e. The number of carbonyl (C=O) groups is 6. The molecular formula is C40H73N9O8. The van der Waals surface area contributed by atoms with Crippen LogP contribution in [0.3, 0.4) is 0 Å². The van der Waals surface area contributed by atoms with Crippen molar-refractivity contribution in [2.75, 3.05) is 41.3 Å². The summed E-state index contributed by atoms with van der Waals surface area (Å²) < 4.78 is 1.79. The molecule has 17 heteroatoms. The lowest BCUT2D eigenvalue weighted by atomic mass is 9.97. The van der Waals surface area contributed by atoms with E-state index in [0.717, 1.165) is 10.6 Å². The van der Waals surface area contributed by atoms with E-state index in [-0.39, 0.29) is 42.9 Å². The van der Waals surface area contributed by atoms with Crippen LogP contribution in [0.15, 0.2) is 12.3 Å². The van der Waals surface area contributed by atoms with Gasteiger partial charge in [0.15, 0.2) is 0 Å². The van der Waals surface area contributed by atoms with E-state index >= 15 is 0 Å². The van der Waals surface area contributed by atoms with Crippen molar-refractivity contribution in [2.45, 2.75) is 130 Å². The van der Waals surface area contributed by atoms with E-state index in [1.165, 1.54) is 37.9 Å². The molecule has 0 fully saturated rings. The monoisotopic (exact) mass is 808 g/mol. The van der Waals surface area contributed by atoms with Crippen LogP contribution in [0.2, 0.25) is 0 Å². The number of aliphatic hydroxyl groups is 2. The number of likely N-dealkylation sites (N-methyl/N-ethyl adjacent to an activating group) is 3. The first-order chi connectivity index (χ1) is 26.4. The van der Waals surface area contributed by atoms with Gasteiger partial charge in [-0.3, -0.25) is 33.4 Å². The number of carbonyl (C=O) groups excluding carboxylic acids is 6. The van der Waals surface area contributed by atoms with Crippen LogP contribution in [0.4, 0.5) is 0 Å². The molecule has 1 rings (SSSR count). The Hall–Kier alpha value is -4.09. The van der Waals surface area contributed by atoms with Crippen LogP contribution in [-0.4, -0.2) is 153 Å². The SMILES string of the molecule is CC(C)C[C@H](NC(=O)[C@H](CC(C)C)N(C)C(=O)CN(C)C(=O)[C@@H](NC(=O)C[C@H](O)[C@H](C)CCN(C)Cc1ccnn1C)[C@@H](C)O)C(=O)N(C)[C@@H](CC(C)C)C(N)=O. The third-order valence-corrected chi connectivity index (χ3v) is 10.2. The van der Waals surface area contributed by atoms with E-state index in [2.05, 4.69) is 20.6 Å². The Labute approximate surface area is 340 Å². The molecule has 0 saturated heterocycles. The molecule has 0 spiro atoms. The van der Waals surface area contributed by atoms with Crippen LogP contribution < -0.4 is 16.4 Å². The standard InChI is InChI=1S/C40H73N9O8/c1-24(2)18-30(39(56)48(12)31(37(41)54)19-25(3)4)43-38(55)32(20-26(5)6)47(11)35(53)23-46(10)40(57)36(28(8)50)44-34(52)21-33(51)27(7)15-17-45(9)22-29-14-16-42-49(29)13/h14,16,24-28,30-33,36,50-51H,15,17-23H2,1-13H3,(H2,41,54)(H,43,55)(H,44,52)/t27-,28-,30+,31+,32+,33+,36+/m1/s1. The Morgan fingerprint density at radius 2 is 1.37 bits per heavy atom. The van der Waals surface area contributed by atoms with Crippen molar-refractivity contribution in [3.63, 3.8) is 0 Å². The summed E-state index contributed by atoms with van der Waals surface area (Å²) in [5, 5.41) is 30.8. The van der Waals surface area contributed by atoms with Gasteiger partial charge in [-0.2, -0.15) is 5.10 Å². The molecule has 0 unspecified atom stereocenters. The maximum atomic E-state index is 13.9. The summed E-state index contributed by atoms with van der Waals surface area (Å²) in [4.78, 5) is 85.7. The highest BCUT2D eigenvalue weighted by atomic mass is 16.3. The number of nitrogens with two attached hydrogens (primary N) is 1. The maximum absolute atomic E-state index is 13.9. The molecule has 0 aromatic carbocycles. The fourth-order valence-corrected chi connectivity index (χ4v) is 6.50. The number of hydrogen-bond donors (Lipinski definition) is 5. The lowest BCUT2D eigenvalue weighted by molar-refractivity contribution is -0.147. The minimum atomic E-state index is -1.40. The summed E-state index contributed by atoms with van der Waals surface area (Å²) in [6, 6.07) is -2.34. The second-order valence-corrected chi connectivity index (χ2v) is 17.0. The summed E-state index contributed by atoms with van der Waals surface area (Å²) in [5.41, 5.74) is 6.69. The normalized spacial score (nSPS) is 15.4. The van der Waals surface area contributed by atoms with Gasteiger partial charge in [0, 0.05) is 40.9 Å². The van der Waals surface area contributed by atoms with Gasteiger partial charge in [-0.05, 0) is 75.9 Å². The maximum Gasteiger partial charge on any atom is 0.248 e. The van der Waals surface area contributed by atoms with Gasteiger partial charge in [-0.25, -0.2) is 0 Å². The van der Waals surface area contributed by atoms with Gasteiger partial charge >= 0.3 is 0 Å². The van der Waals surface area contributed by atoms with Crippen molar-refractivity contribution in [2.24, 2.45) is 36.5 Å². The number of primary amides is 1. The molecule has 6 amide bonds. The first kappa shape index (κ1) is 50.9. The van der Waals surface area contributed by atoms with Gasteiger partial charge in [-0.1, -0.05) is 48.5 Å². The van der Waals surface area contributed by atoms with Gasteiger partial charge in [0.1, 0.15) is 24.2 Å². The first-order valence-corrected chi connectivity index (χ1v) is 20.0. The number of nitrogens with one attached hydrogen (secondary N) is 2. The highest BCUT2D eigenvalue weighted by Gasteiger charge is 2.36. The Morgan fingerprint density at radius 1 is 0.807 bits per heavy atom. The topological polar surface area (TPSA) is 224 Å². The summed E-state index contributed by atoms with van der Waals surface area (Å²) in [6.07, 6.45) is 0.590. The van der Waals surface area contributed by atoms with Gasteiger partial charge < -0.3 is 46.2 Å². The number of aryl methyl sites for hydroxylation is 1. The average molecular weight is 808 g/mol. The van der Waals surface area contributed by atoms with Gasteiger partial charge in [0.05, 0.1) is 30.9 Å². The third-order valence-electron chi connectivity index (χ3n) is 10.2. The van der Waals surface area contributed by atoms with E-state index in [9.17, 15) is 39.0 Å². The molecule has 0 aliphatic rings. The molecule has 1 aromatic heterocycles. The van der Waals surface area contributed by atoms with Crippen LogP contribution >= 0.6 is 0 Å². The zero-order valence-electron chi connectivity index (χ0n) is 36.7. The van der Waals surface area contributed by atoms with Gasteiger partial charge in [0.2, 0.25) is 35.4 Å². The highest BCUT2D eigenvalue weighted by Crippen LogP contribution is 2.18. The molecule has 7 atom stereocenters. The van der Waals surface area contributed by atoms with Crippen molar-refractivity contribution in [3.05, 3.63) is 18.0 Å². The molecule has 0 radical (unpaired) electrons. The molecule has 0 bridgehead atoms. The number of aromatic nitrogens is 2. The number of amides is 6. The van der Waals surface area contributed by atoms with Crippen molar-refractivity contribution in [1.29, 1.82) is 0 Å². The first-order valence-electron chi connectivity index (χ1n) is 20.0.